The van der Waals surface area contributed by atoms with E-state index in [0.717, 1.165) is 0 Å². The van der Waals surface area contributed by atoms with Crippen LogP contribution in [0.2, 0.25) is 0 Å². The summed E-state index contributed by atoms with van der Waals surface area (Å²) >= 11 is 0. The fraction of sp³-hybridized carbons (Fsp3) is 0.444. The Kier molecular flexibility index (Phi) is 2.12. The highest BCUT2D eigenvalue weighted by atomic mass is 28.2. The second-order valence-corrected chi connectivity index (χ2v) is 5.12. The van der Waals surface area contributed by atoms with Crippen LogP contribution in [0.15, 0.2) is 18.3 Å². The van der Waals surface area contributed by atoms with Crippen molar-refractivity contribution in [2.75, 3.05) is 6.54 Å². The van der Waals surface area contributed by atoms with Crippen molar-refractivity contribution in [3.63, 3.8) is 0 Å². The summed E-state index contributed by atoms with van der Waals surface area (Å²) < 4.78 is 4.93. The largest absolute Gasteiger partial charge is 0.446 e. The second kappa shape index (κ2) is 3.27. The minimum atomic E-state index is -0.178. The van der Waals surface area contributed by atoms with Crippen LogP contribution in [0.5, 0.6) is 0 Å². The van der Waals surface area contributed by atoms with Gasteiger partial charge in [0, 0.05) is 12.6 Å². The fourth-order valence-electron chi connectivity index (χ4n) is 1.59. The number of fused-ring (bicyclic) bond motifs is 1. The Morgan fingerprint density at radius 1 is 1.58 bits per heavy atom. The standard InChI is InChI=1S/C9H15N2Si/c1-2-3-6-10-8-9-5-4-7-11(9)12-10/h4-5,7-8H,2-3,6,12H2,1H3/q+1. The molecule has 0 aromatic carbocycles. The third-order valence-electron chi connectivity index (χ3n) is 2.31. The van der Waals surface area contributed by atoms with Crippen molar-refractivity contribution in [2.45, 2.75) is 19.8 Å². The lowest BCUT2D eigenvalue weighted by molar-refractivity contribution is -0.376. The molecule has 0 atom stereocenters. The molecule has 12 heavy (non-hydrogen) atoms. The van der Waals surface area contributed by atoms with Gasteiger partial charge in [0.1, 0.15) is 6.54 Å². The first kappa shape index (κ1) is 7.80. The summed E-state index contributed by atoms with van der Waals surface area (Å²) in [7, 11) is -0.178. The minimum Gasteiger partial charge on any atom is -0.320 e. The Bertz CT molecular complexity index is 301. The zero-order chi connectivity index (χ0) is 8.39. The molecule has 0 bridgehead atoms. The van der Waals surface area contributed by atoms with Crippen LogP contribution >= 0.6 is 0 Å². The Hall–Kier alpha value is -0.833. The zero-order valence-electron chi connectivity index (χ0n) is 7.53. The first-order valence-corrected chi connectivity index (χ1v) is 5.90. The van der Waals surface area contributed by atoms with Crippen molar-refractivity contribution < 1.29 is 4.24 Å². The number of nitrogens with zero attached hydrogens (tertiary/aromatic N) is 2. The van der Waals surface area contributed by atoms with Gasteiger partial charge < -0.3 is 4.23 Å². The molecule has 0 amide bonds. The lowest BCUT2D eigenvalue weighted by atomic mass is 10.3. The smallest absolute Gasteiger partial charge is 0.320 e. The maximum absolute atomic E-state index is 2.51. The van der Waals surface area contributed by atoms with E-state index in [1.54, 1.807) is 0 Å². The van der Waals surface area contributed by atoms with Gasteiger partial charge in [-0.2, -0.15) is 0 Å². The molecule has 0 spiro atoms. The van der Waals surface area contributed by atoms with Crippen molar-refractivity contribution in [3.8, 4) is 0 Å². The highest BCUT2D eigenvalue weighted by Gasteiger charge is 2.17. The average molecular weight is 179 g/mol. The molecule has 0 unspecified atom stereocenters. The van der Waals surface area contributed by atoms with Gasteiger partial charge >= 0.3 is 9.84 Å². The molecule has 64 valence electrons. The molecule has 1 aromatic rings. The number of aromatic nitrogens is 1. The number of rotatable bonds is 3. The van der Waals surface area contributed by atoms with Crippen LogP contribution in [0.1, 0.15) is 25.5 Å². The van der Waals surface area contributed by atoms with Crippen molar-refractivity contribution in [1.29, 1.82) is 0 Å². The molecule has 0 N–H and O–H groups in total. The van der Waals surface area contributed by atoms with Gasteiger partial charge in [-0.15, -0.1) is 0 Å². The first-order valence-electron chi connectivity index (χ1n) is 4.64. The van der Waals surface area contributed by atoms with Gasteiger partial charge in [0.05, 0.1) is 5.69 Å². The summed E-state index contributed by atoms with van der Waals surface area (Å²) in [5, 5.41) is 0. The summed E-state index contributed by atoms with van der Waals surface area (Å²) in [5.41, 5.74) is 1.40. The van der Waals surface area contributed by atoms with Gasteiger partial charge in [-0.3, -0.25) is 4.24 Å². The molecule has 2 nitrogen and oxygen atoms in total. The van der Waals surface area contributed by atoms with E-state index in [9.17, 15) is 0 Å². The predicted molar refractivity (Wildman–Crippen MR) is 53.6 cm³/mol. The van der Waals surface area contributed by atoms with Crippen molar-refractivity contribution >= 4 is 16.1 Å². The zero-order valence-corrected chi connectivity index (χ0v) is 8.95. The summed E-state index contributed by atoms with van der Waals surface area (Å²) in [6.45, 7) is 3.50. The fourth-order valence-corrected chi connectivity index (χ4v) is 3.18. The predicted octanol–water partition coefficient (Wildman–Crippen LogP) is 0.580. The molecule has 2 heterocycles. The molecule has 3 heteroatoms. The van der Waals surface area contributed by atoms with E-state index in [-0.39, 0.29) is 9.84 Å². The summed E-state index contributed by atoms with van der Waals surface area (Å²) in [5.74, 6) is 0. The van der Waals surface area contributed by atoms with Crippen molar-refractivity contribution in [2.24, 2.45) is 0 Å². The highest BCUT2D eigenvalue weighted by molar-refractivity contribution is 6.28. The molecule has 1 aliphatic rings. The van der Waals surface area contributed by atoms with Gasteiger partial charge in [-0.1, -0.05) is 13.3 Å². The van der Waals surface area contributed by atoms with E-state index in [4.69, 9.17) is 0 Å². The highest BCUT2D eigenvalue weighted by Crippen LogP contribution is 2.03. The molecular formula is C9H15N2Si+. The molecule has 0 aliphatic carbocycles. The normalized spacial score (nSPS) is 16.6. The van der Waals surface area contributed by atoms with Gasteiger partial charge in [0.15, 0.2) is 6.21 Å². The quantitative estimate of drug-likeness (QED) is 0.600. The molecular weight excluding hydrogens is 164 g/mol. The van der Waals surface area contributed by atoms with Crippen LogP contribution in [0.25, 0.3) is 0 Å². The molecule has 0 radical (unpaired) electrons. The van der Waals surface area contributed by atoms with Crippen molar-refractivity contribution in [1.82, 2.24) is 4.23 Å². The summed E-state index contributed by atoms with van der Waals surface area (Å²) in [6.07, 6.45) is 7.13. The van der Waals surface area contributed by atoms with Crippen LogP contribution in [-0.4, -0.2) is 31.1 Å². The van der Waals surface area contributed by atoms with Crippen LogP contribution in [0.3, 0.4) is 0 Å². The van der Waals surface area contributed by atoms with Gasteiger partial charge in [0.25, 0.3) is 0 Å². The van der Waals surface area contributed by atoms with Gasteiger partial charge in [-0.25, -0.2) is 0 Å². The summed E-state index contributed by atoms with van der Waals surface area (Å²) in [6, 6.07) is 4.33. The topological polar surface area (TPSA) is 7.94 Å². The Morgan fingerprint density at radius 2 is 2.50 bits per heavy atom. The molecule has 0 saturated heterocycles. The van der Waals surface area contributed by atoms with E-state index >= 15 is 0 Å². The third kappa shape index (κ3) is 1.36. The first-order chi connectivity index (χ1) is 5.90. The van der Waals surface area contributed by atoms with Crippen LogP contribution in [0, 0.1) is 0 Å². The van der Waals surface area contributed by atoms with Gasteiger partial charge in [0.2, 0.25) is 0 Å². The lowest BCUT2D eigenvalue weighted by Gasteiger charge is -1.96. The minimum absolute atomic E-state index is 0.178. The molecule has 0 fully saturated rings. The number of unbranched alkanes of at least 4 members (excludes halogenated alkanes) is 1. The van der Waals surface area contributed by atoms with Crippen LogP contribution in [0.4, 0.5) is 0 Å². The average Bonchev–Trinajstić information content (AvgIpc) is 2.58. The SMILES string of the molecule is CCCC[N+]1=Cc2cccn2[SiH2]1. The Balaban J connectivity index is 2.02. The molecule has 2 rings (SSSR count). The van der Waals surface area contributed by atoms with E-state index in [0.29, 0.717) is 0 Å². The van der Waals surface area contributed by atoms with Crippen LogP contribution < -0.4 is 0 Å². The maximum Gasteiger partial charge on any atom is 0.446 e. The monoisotopic (exact) mass is 179 g/mol. The molecule has 1 aliphatic heterocycles. The lowest BCUT2D eigenvalue weighted by Crippen LogP contribution is -2.18. The molecule has 1 aromatic heterocycles. The van der Waals surface area contributed by atoms with Gasteiger partial charge in [-0.05, 0) is 12.1 Å². The molecule has 0 saturated carbocycles. The third-order valence-corrected chi connectivity index (χ3v) is 4.06. The number of hydrogen-bond donors (Lipinski definition) is 0. The second-order valence-electron chi connectivity index (χ2n) is 3.34. The number of hydrogen-bond acceptors (Lipinski definition) is 0. The Labute approximate surface area is 75.5 Å². The Morgan fingerprint density at radius 3 is 3.25 bits per heavy atom. The van der Waals surface area contributed by atoms with Crippen LogP contribution in [-0.2, 0) is 0 Å². The van der Waals surface area contributed by atoms with E-state index in [2.05, 4.69) is 39.9 Å². The summed E-state index contributed by atoms with van der Waals surface area (Å²) in [4.78, 5) is 0. The van der Waals surface area contributed by atoms with E-state index in [1.165, 1.54) is 25.1 Å². The van der Waals surface area contributed by atoms with E-state index in [1.807, 2.05) is 0 Å². The maximum atomic E-state index is 2.51. The van der Waals surface area contributed by atoms with E-state index < -0.39 is 0 Å². The van der Waals surface area contributed by atoms with Crippen molar-refractivity contribution in [3.05, 3.63) is 24.0 Å².